The number of hydrogen-bond donors (Lipinski definition) is 1. The van der Waals surface area contributed by atoms with Crippen molar-refractivity contribution in [2.75, 3.05) is 0 Å². The van der Waals surface area contributed by atoms with Crippen molar-refractivity contribution in [1.82, 2.24) is 9.78 Å². The first kappa shape index (κ1) is 12.3. The van der Waals surface area contributed by atoms with Crippen molar-refractivity contribution < 1.29 is 0 Å². The SMILES string of the molecule is CCn1ncc(Br)c1CC(N)c1ccccc1. The Hall–Kier alpha value is -1.13. The van der Waals surface area contributed by atoms with E-state index in [0.717, 1.165) is 28.7 Å². The van der Waals surface area contributed by atoms with Gasteiger partial charge in [0.15, 0.2) is 0 Å². The molecule has 2 rings (SSSR count). The van der Waals surface area contributed by atoms with Gasteiger partial charge in [0.2, 0.25) is 0 Å². The lowest BCUT2D eigenvalue weighted by molar-refractivity contribution is 0.589. The fraction of sp³-hybridized carbons (Fsp3) is 0.308. The van der Waals surface area contributed by atoms with Gasteiger partial charge >= 0.3 is 0 Å². The summed E-state index contributed by atoms with van der Waals surface area (Å²) in [6.07, 6.45) is 2.62. The van der Waals surface area contributed by atoms with Gasteiger partial charge in [-0.05, 0) is 28.4 Å². The van der Waals surface area contributed by atoms with Crippen LogP contribution in [0.5, 0.6) is 0 Å². The van der Waals surface area contributed by atoms with E-state index in [1.807, 2.05) is 29.1 Å². The summed E-state index contributed by atoms with van der Waals surface area (Å²) in [4.78, 5) is 0. The summed E-state index contributed by atoms with van der Waals surface area (Å²) in [5, 5.41) is 4.30. The van der Waals surface area contributed by atoms with Gasteiger partial charge < -0.3 is 5.73 Å². The van der Waals surface area contributed by atoms with Crippen molar-refractivity contribution in [3.8, 4) is 0 Å². The van der Waals surface area contributed by atoms with Crippen molar-refractivity contribution in [1.29, 1.82) is 0 Å². The Kier molecular flexibility index (Phi) is 3.97. The van der Waals surface area contributed by atoms with Crippen LogP contribution in [0.25, 0.3) is 0 Å². The minimum atomic E-state index is 0.00880. The first-order chi connectivity index (χ1) is 8.22. The molecule has 1 atom stereocenters. The summed E-state index contributed by atoms with van der Waals surface area (Å²) in [6, 6.07) is 10.2. The van der Waals surface area contributed by atoms with Gasteiger partial charge in [0, 0.05) is 19.0 Å². The van der Waals surface area contributed by atoms with Gasteiger partial charge in [0.05, 0.1) is 16.4 Å². The maximum absolute atomic E-state index is 6.22. The summed E-state index contributed by atoms with van der Waals surface area (Å²) >= 11 is 3.52. The van der Waals surface area contributed by atoms with Crippen LogP contribution in [0.2, 0.25) is 0 Å². The zero-order chi connectivity index (χ0) is 12.3. The lowest BCUT2D eigenvalue weighted by Crippen LogP contribution is -2.16. The zero-order valence-corrected chi connectivity index (χ0v) is 11.4. The average Bonchev–Trinajstić information content (AvgIpc) is 2.71. The fourth-order valence-corrected chi connectivity index (χ4v) is 2.35. The average molecular weight is 294 g/mol. The smallest absolute Gasteiger partial charge is 0.0635 e. The van der Waals surface area contributed by atoms with Crippen LogP contribution >= 0.6 is 15.9 Å². The van der Waals surface area contributed by atoms with Crippen LogP contribution in [0.4, 0.5) is 0 Å². The highest BCUT2D eigenvalue weighted by atomic mass is 79.9. The quantitative estimate of drug-likeness (QED) is 0.942. The first-order valence-corrected chi connectivity index (χ1v) is 6.52. The topological polar surface area (TPSA) is 43.8 Å². The van der Waals surface area contributed by atoms with E-state index in [1.54, 1.807) is 0 Å². The van der Waals surface area contributed by atoms with Crippen LogP contribution < -0.4 is 5.73 Å². The fourth-order valence-electron chi connectivity index (χ4n) is 1.89. The molecule has 4 heteroatoms. The van der Waals surface area contributed by atoms with E-state index in [2.05, 4.69) is 40.1 Å². The van der Waals surface area contributed by atoms with Crippen molar-refractivity contribution >= 4 is 15.9 Å². The van der Waals surface area contributed by atoms with E-state index in [0.29, 0.717) is 0 Å². The lowest BCUT2D eigenvalue weighted by atomic mass is 10.0. The molecule has 0 saturated heterocycles. The second-order valence-corrected chi connectivity index (χ2v) is 4.83. The number of nitrogens with zero attached hydrogens (tertiary/aromatic N) is 2. The van der Waals surface area contributed by atoms with Crippen LogP contribution in [0.1, 0.15) is 24.2 Å². The Morgan fingerprint density at radius 2 is 2.06 bits per heavy atom. The molecule has 0 spiro atoms. The van der Waals surface area contributed by atoms with Crippen LogP contribution in [-0.4, -0.2) is 9.78 Å². The normalized spacial score (nSPS) is 12.6. The van der Waals surface area contributed by atoms with Gasteiger partial charge in [-0.3, -0.25) is 4.68 Å². The Bertz CT molecular complexity index is 479. The third-order valence-electron chi connectivity index (χ3n) is 2.84. The molecule has 3 nitrogen and oxygen atoms in total. The van der Waals surface area contributed by atoms with E-state index in [1.165, 1.54) is 0 Å². The Morgan fingerprint density at radius 1 is 1.35 bits per heavy atom. The van der Waals surface area contributed by atoms with Crippen molar-refractivity contribution in [3.63, 3.8) is 0 Å². The third-order valence-corrected chi connectivity index (χ3v) is 3.50. The molecule has 1 aromatic carbocycles. The second-order valence-electron chi connectivity index (χ2n) is 3.98. The molecule has 0 amide bonds. The molecule has 1 aromatic heterocycles. The lowest BCUT2D eigenvalue weighted by Gasteiger charge is -2.13. The summed E-state index contributed by atoms with van der Waals surface area (Å²) in [5.74, 6) is 0. The summed E-state index contributed by atoms with van der Waals surface area (Å²) in [5.41, 5.74) is 8.53. The highest BCUT2D eigenvalue weighted by Gasteiger charge is 2.13. The number of aryl methyl sites for hydroxylation is 1. The molecule has 1 heterocycles. The van der Waals surface area contributed by atoms with Crippen LogP contribution in [0.3, 0.4) is 0 Å². The largest absolute Gasteiger partial charge is 0.324 e. The molecule has 0 fully saturated rings. The number of halogens is 1. The standard InChI is InChI=1S/C13H16BrN3/c1-2-17-13(11(14)9-16-17)8-12(15)10-6-4-3-5-7-10/h3-7,9,12H,2,8,15H2,1H3. The second kappa shape index (κ2) is 5.47. The molecule has 2 aromatic rings. The molecule has 17 heavy (non-hydrogen) atoms. The van der Waals surface area contributed by atoms with E-state index in [-0.39, 0.29) is 6.04 Å². The maximum atomic E-state index is 6.22. The molecule has 90 valence electrons. The third kappa shape index (κ3) is 2.76. The van der Waals surface area contributed by atoms with E-state index in [4.69, 9.17) is 5.73 Å². The van der Waals surface area contributed by atoms with Gasteiger partial charge in [0.1, 0.15) is 0 Å². The van der Waals surface area contributed by atoms with Crippen LogP contribution in [0, 0.1) is 0 Å². The predicted molar refractivity (Wildman–Crippen MR) is 72.7 cm³/mol. The van der Waals surface area contributed by atoms with Gasteiger partial charge in [-0.15, -0.1) is 0 Å². The Morgan fingerprint density at radius 3 is 2.71 bits per heavy atom. The maximum Gasteiger partial charge on any atom is 0.0635 e. The highest BCUT2D eigenvalue weighted by Crippen LogP contribution is 2.22. The minimum Gasteiger partial charge on any atom is -0.324 e. The number of rotatable bonds is 4. The van der Waals surface area contributed by atoms with Crippen LogP contribution in [0.15, 0.2) is 41.0 Å². The molecule has 0 radical (unpaired) electrons. The number of nitrogens with two attached hydrogens (primary N) is 1. The molecule has 1 unspecified atom stereocenters. The summed E-state index contributed by atoms with van der Waals surface area (Å²) < 4.78 is 3.01. The molecule has 0 bridgehead atoms. The molecule has 0 saturated carbocycles. The van der Waals surface area contributed by atoms with Gasteiger partial charge in [0.25, 0.3) is 0 Å². The minimum absolute atomic E-state index is 0.00880. The van der Waals surface area contributed by atoms with Crippen LogP contribution in [-0.2, 0) is 13.0 Å². The highest BCUT2D eigenvalue weighted by molar-refractivity contribution is 9.10. The molecule has 0 aliphatic rings. The van der Waals surface area contributed by atoms with E-state index in [9.17, 15) is 0 Å². The van der Waals surface area contributed by atoms with Crippen molar-refractivity contribution in [3.05, 3.63) is 52.3 Å². The van der Waals surface area contributed by atoms with E-state index >= 15 is 0 Å². The Labute approximate surface area is 110 Å². The predicted octanol–water partition coefficient (Wildman–Crippen LogP) is 2.91. The number of hydrogen-bond acceptors (Lipinski definition) is 2. The number of aromatic nitrogens is 2. The van der Waals surface area contributed by atoms with Gasteiger partial charge in [-0.1, -0.05) is 30.3 Å². The summed E-state index contributed by atoms with van der Waals surface area (Å²) in [6.45, 7) is 2.94. The molecular formula is C13H16BrN3. The van der Waals surface area contributed by atoms with E-state index < -0.39 is 0 Å². The van der Waals surface area contributed by atoms with Gasteiger partial charge in [-0.2, -0.15) is 5.10 Å². The van der Waals surface area contributed by atoms with Gasteiger partial charge in [-0.25, -0.2) is 0 Å². The zero-order valence-electron chi connectivity index (χ0n) is 9.81. The molecule has 2 N–H and O–H groups in total. The molecular weight excluding hydrogens is 278 g/mol. The first-order valence-electron chi connectivity index (χ1n) is 5.73. The molecule has 0 aliphatic carbocycles. The van der Waals surface area contributed by atoms with Crippen molar-refractivity contribution in [2.45, 2.75) is 25.9 Å². The summed E-state index contributed by atoms with van der Waals surface area (Å²) in [7, 11) is 0. The number of benzene rings is 1. The monoisotopic (exact) mass is 293 g/mol. The molecule has 0 aliphatic heterocycles. The van der Waals surface area contributed by atoms with Crippen molar-refractivity contribution in [2.24, 2.45) is 5.73 Å². The Balaban J connectivity index is 2.18.